The van der Waals surface area contributed by atoms with Gasteiger partial charge in [0.15, 0.2) is 11.5 Å². The number of halogens is 5. The van der Waals surface area contributed by atoms with Gasteiger partial charge in [-0.3, -0.25) is 24.5 Å². The predicted molar refractivity (Wildman–Crippen MR) is 116 cm³/mol. The standard InChI is InChI=1S/C21H16Cl2F3NO8/c1-3-9-10(4-2)16(27(33)34)11(17(28)15(19(29)30)20(31)32)7-14(9)35-18-12(22)5-8(6-13(18)23)21(24,25)26/h5-7,15H,3-4H2,1-2H3,(H,29,30)(H,31,32). The second-order valence-corrected chi connectivity index (χ2v) is 7.85. The zero-order chi connectivity index (χ0) is 26.8. The maximum atomic E-state index is 13.0. The van der Waals surface area contributed by atoms with E-state index in [2.05, 4.69) is 0 Å². The fourth-order valence-corrected chi connectivity index (χ4v) is 3.98. The third kappa shape index (κ3) is 5.65. The molecular formula is C21H16Cl2F3NO8. The Morgan fingerprint density at radius 3 is 1.89 bits per heavy atom. The second kappa shape index (κ2) is 10.5. The SMILES string of the molecule is CCc1c(Oc2c(Cl)cc(C(F)(F)F)cc2Cl)cc(C(=O)C(C(=O)O)C(=O)O)c([N+](=O)[O-])c1CC. The summed E-state index contributed by atoms with van der Waals surface area (Å²) in [5, 5.41) is 29.0. The van der Waals surface area contributed by atoms with E-state index in [9.17, 15) is 47.9 Å². The molecule has 0 amide bonds. The number of carbonyl (C=O) groups excluding carboxylic acids is 1. The molecule has 0 unspecified atom stereocenters. The summed E-state index contributed by atoms with van der Waals surface area (Å²) in [5.74, 6) is -9.10. The molecule has 0 fully saturated rings. The number of carboxylic acids is 2. The van der Waals surface area contributed by atoms with Crippen molar-refractivity contribution in [2.45, 2.75) is 32.9 Å². The van der Waals surface area contributed by atoms with Gasteiger partial charge in [0.25, 0.3) is 5.69 Å². The summed E-state index contributed by atoms with van der Waals surface area (Å²) in [6.07, 6.45) is -4.76. The van der Waals surface area contributed by atoms with Crippen LogP contribution in [0.2, 0.25) is 10.0 Å². The fraction of sp³-hybridized carbons (Fsp3) is 0.286. The maximum absolute atomic E-state index is 13.0. The molecule has 9 nitrogen and oxygen atoms in total. The molecule has 2 rings (SSSR count). The summed E-state index contributed by atoms with van der Waals surface area (Å²) >= 11 is 11.9. The highest BCUT2D eigenvalue weighted by atomic mass is 35.5. The van der Waals surface area contributed by atoms with Crippen molar-refractivity contribution in [1.29, 1.82) is 0 Å². The minimum atomic E-state index is -4.77. The van der Waals surface area contributed by atoms with Gasteiger partial charge in [-0.15, -0.1) is 0 Å². The first kappa shape index (κ1) is 27.9. The summed E-state index contributed by atoms with van der Waals surface area (Å²) in [5.41, 5.74) is -2.75. The largest absolute Gasteiger partial charge is 0.480 e. The molecule has 0 radical (unpaired) electrons. The number of carbonyl (C=O) groups is 3. The maximum Gasteiger partial charge on any atom is 0.416 e. The number of hydrogen-bond donors (Lipinski definition) is 2. The third-order valence-corrected chi connectivity index (χ3v) is 5.49. The average Bonchev–Trinajstić information content (AvgIpc) is 2.73. The highest BCUT2D eigenvalue weighted by molar-refractivity contribution is 6.37. The molecular weight excluding hydrogens is 522 g/mol. The van der Waals surface area contributed by atoms with Crippen LogP contribution in [0.25, 0.3) is 0 Å². The molecule has 0 spiro atoms. The van der Waals surface area contributed by atoms with Crippen LogP contribution in [0.4, 0.5) is 18.9 Å². The van der Waals surface area contributed by atoms with Crippen LogP contribution in [0.1, 0.15) is 40.9 Å². The van der Waals surface area contributed by atoms with Crippen molar-refractivity contribution < 1.29 is 47.4 Å². The van der Waals surface area contributed by atoms with E-state index in [1.54, 1.807) is 6.92 Å². The van der Waals surface area contributed by atoms with Crippen LogP contribution >= 0.6 is 23.2 Å². The number of nitrogens with zero attached hydrogens (tertiary/aromatic N) is 1. The van der Waals surface area contributed by atoms with Crippen molar-refractivity contribution in [3.63, 3.8) is 0 Å². The predicted octanol–water partition coefficient (Wildman–Crippen LogP) is 5.81. The Kier molecular flexibility index (Phi) is 8.35. The molecule has 0 aromatic heterocycles. The highest BCUT2D eigenvalue weighted by Crippen LogP contribution is 2.44. The lowest BCUT2D eigenvalue weighted by atomic mass is 9.90. The number of carboxylic acid groups (broad SMARTS) is 2. The number of nitro groups is 1. The first-order chi connectivity index (χ1) is 16.1. The van der Waals surface area contributed by atoms with Gasteiger partial charge in [0.05, 0.1) is 20.5 Å². The molecule has 0 aliphatic heterocycles. The number of hydrogen-bond acceptors (Lipinski definition) is 6. The van der Waals surface area contributed by atoms with Crippen LogP contribution in [0, 0.1) is 16.0 Å². The summed E-state index contributed by atoms with van der Waals surface area (Å²) in [6.45, 7) is 3.06. The van der Waals surface area contributed by atoms with Crippen molar-refractivity contribution in [3.05, 3.63) is 60.6 Å². The molecule has 0 aliphatic carbocycles. The number of benzene rings is 2. The number of rotatable bonds is 9. The summed E-state index contributed by atoms with van der Waals surface area (Å²) in [6, 6.07) is 1.84. The molecule has 0 aliphatic rings. The van der Waals surface area contributed by atoms with Crippen LogP contribution in [0.15, 0.2) is 18.2 Å². The first-order valence-electron chi connectivity index (χ1n) is 9.72. The Bertz CT molecular complexity index is 1190. The molecule has 0 saturated carbocycles. The number of Topliss-reactive ketones (excluding diaryl/α,β-unsaturated/α-hetero) is 1. The van der Waals surface area contributed by atoms with Gasteiger partial charge in [0, 0.05) is 11.1 Å². The Morgan fingerprint density at radius 2 is 1.51 bits per heavy atom. The Hall–Kier alpha value is -3.38. The van der Waals surface area contributed by atoms with Gasteiger partial charge in [-0.05, 0) is 31.0 Å². The van der Waals surface area contributed by atoms with Crippen LogP contribution < -0.4 is 4.74 Å². The topological polar surface area (TPSA) is 144 Å². The number of ether oxygens (including phenoxy) is 1. The normalized spacial score (nSPS) is 11.4. The molecule has 35 heavy (non-hydrogen) atoms. The smallest absolute Gasteiger partial charge is 0.416 e. The molecule has 0 bridgehead atoms. The van der Waals surface area contributed by atoms with Gasteiger partial charge >= 0.3 is 18.1 Å². The average molecular weight is 538 g/mol. The molecule has 0 saturated heterocycles. The molecule has 2 aromatic carbocycles. The van der Waals surface area contributed by atoms with Gasteiger partial charge in [0.2, 0.25) is 5.92 Å². The third-order valence-electron chi connectivity index (χ3n) is 4.93. The number of alkyl halides is 3. The highest BCUT2D eigenvalue weighted by Gasteiger charge is 2.40. The van der Waals surface area contributed by atoms with E-state index in [-0.39, 0.29) is 29.7 Å². The van der Waals surface area contributed by atoms with Crippen molar-refractivity contribution >= 4 is 46.6 Å². The van der Waals surface area contributed by atoms with Crippen LogP contribution in [0.5, 0.6) is 11.5 Å². The van der Waals surface area contributed by atoms with Crippen LogP contribution in [0.3, 0.4) is 0 Å². The van der Waals surface area contributed by atoms with Gasteiger partial charge in [-0.25, -0.2) is 0 Å². The summed E-state index contributed by atoms with van der Waals surface area (Å²) in [4.78, 5) is 46.4. The molecule has 14 heteroatoms. The molecule has 2 aromatic rings. The van der Waals surface area contributed by atoms with Gasteiger partial charge in [0.1, 0.15) is 11.3 Å². The van der Waals surface area contributed by atoms with E-state index in [0.29, 0.717) is 12.1 Å². The zero-order valence-corrected chi connectivity index (χ0v) is 19.4. The summed E-state index contributed by atoms with van der Waals surface area (Å²) in [7, 11) is 0. The van der Waals surface area contributed by atoms with Crippen molar-refractivity contribution in [2.75, 3.05) is 0 Å². The minimum absolute atomic E-state index is 0.0593. The van der Waals surface area contributed by atoms with Crippen molar-refractivity contribution in [2.24, 2.45) is 5.92 Å². The molecule has 0 heterocycles. The molecule has 2 N–H and O–H groups in total. The van der Waals surface area contributed by atoms with Gasteiger partial charge in [-0.1, -0.05) is 37.0 Å². The number of aliphatic carboxylic acids is 2. The monoisotopic (exact) mass is 537 g/mol. The second-order valence-electron chi connectivity index (χ2n) is 7.03. The Labute approximate surface area is 205 Å². The van der Waals surface area contributed by atoms with Gasteiger partial charge in [-0.2, -0.15) is 13.2 Å². The van der Waals surface area contributed by atoms with E-state index < -0.39 is 67.3 Å². The summed E-state index contributed by atoms with van der Waals surface area (Å²) < 4.78 is 44.7. The lowest BCUT2D eigenvalue weighted by molar-refractivity contribution is -0.385. The van der Waals surface area contributed by atoms with E-state index in [0.717, 1.165) is 6.07 Å². The van der Waals surface area contributed by atoms with Crippen molar-refractivity contribution in [3.8, 4) is 11.5 Å². The molecule has 0 atom stereocenters. The van der Waals surface area contributed by atoms with Gasteiger partial charge < -0.3 is 14.9 Å². The van der Waals surface area contributed by atoms with Crippen LogP contribution in [-0.2, 0) is 28.6 Å². The lowest BCUT2D eigenvalue weighted by Crippen LogP contribution is -2.32. The van der Waals surface area contributed by atoms with Crippen molar-refractivity contribution in [1.82, 2.24) is 0 Å². The number of nitro benzene ring substituents is 1. The Balaban J connectivity index is 2.84. The quantitative estimate of drug-likeness (QED) is 0.176. The van der Waals surface area contributed by atoms with Crippen LogP contribution in [-0.4, -0.2) is 32.9 Å². The lowest BCUT2D eigenvalue weighted by Gasteiger charge is -2.19. The van der Waals surface area contributed by atoms with E-state index in [1.807, 2.05) is 0 Å². The van der Waals surface area contributed by atoms with E-state index in [4.69, 9.17) is 27.9 Å². The minimum Gasteiger partial charge on any atom is -0.480 e. The zero-order valence-electron chi connectivity index (χ0n) is 17.9. The molecule has 188 valence electrons. The fourth-order valence-electron chi connectivity index (χ4n) is 3.41. The van der Waals surface area contributed by atoms with E-state index >= 15 is 0 Å². The number of ketones is 1. The Morgan fingerprint density at radius 1 is 1.03 bits per heavy atom. The first-order valence-corrected chi connectivity index (χ1v) is 10.5. The van der Waals surface area contributed by atoms with E-state index in [1.165, 1.54) is 6.92 Å².